The van der Waals surface area contributed by atoms with Crippen molar-refractivity contribution < 1.29 is 24.2 Å². The smallest absolute Gasteiger partial charge is 0.295 e. The largest absolute Gasteiger partial charge is 0.507 e. The molecule has 1 saturated heterocycles. The van der Waals surface area contributed by atoms with Crippen LogP contribution in [0, 0.1) is 0 Å². The molecule has 7 nitrogen and oxygen atoms in total. The molecule has 2 aromatic rings. The predicted octanol–water partition coefficient (Wildman–Crippen LogP) is 4.64. The first-order valence-electron chi connectivity index (χ1n) is 12.3. The topological polar surface area (TPSA) is 79.3 Å². The number of hydrogen-bond donors (Lipinski definition) is 1. The van der Waals surface area contributed by atoms with Crippen LogP contribution in [0.2, 0.25) is 0 Å². The Morgan fingerprint density at radius 1 is 0.971 bits per heavy atom. The Kier molecular flexibility index (Phi) is 9.32. The van der Waals surface area contributed by atoms with Gasteiger partial charge in [-0.2, -0.15) is 0 Å². The van der Waals surface area contributed by atoms with Gasteiger partial charge in [-0.3, -0.25) is 9.59 Å². The van der Waals surface area contributed by atoms with E-state index in [4.69, 9.17) is 9.47 Å². The van der Waals surface area contributed by atoms with Crippen LogP contribution in [0.15, 0.2) is 54.1 Å². The van der Waals surface area contributed by atoms with Crippen molar-refractivity contribution in [1.29, 1.82) is 0 Å². The van der Waals surface area contributed by atoms with Crippen molar-refractivity contribution in [3.8, 4) is 11.5 Å². The Morgan fingerprint density at radius 3 is 2.17 bits per heavy atom. The van der Waals surface area contributed by atoms with Gasteiger partial charge in [-0.25, -0.2) is 0 Å². The Labute approximate surface area is 207 Å². The van der Waals surface area contributed by atoms with Crippen LogP contribution in [0.4, 0.5) is 0 Å². The molecule has 1 heterocycles. The molecule has 2 aromatic carbocycles. The molecule has 7 heteroatoms. The first-order valence-corrected chi connectivity index (χ1v) is 12.3. The van der Waals surface area contributed by atoms with Crippen LogP contribution in [0.25, 0.3) is 5.76 Å². The summed E-state index contributed by atoms with van der Waals surface area (Å²) in [7, 11) is 1.56. The highest BCUT2D eigenvalue weighted by Crippen LogP contribution is 2.40. The van der Waals surface area contributed by atoms with Crippen molar-refractivity contribution in [2.75, 3.05) is 39.9 Å². The third-order valence-electron chi connectivity index (χ3n) is 6.34. The van der Waals surface area contributed by atoms with Gasteiger partial charge in [0.05, 0.1) is 25.3 Å². The summed E-state index contributed by atoms with van der Waals surface area (Å²) in [5, 5.41) is 11.2. The number of ketones is 1. The van der Waals surface area contributed by atoms with Gasteiger partial charge < -0.3 is 24.4 Å². The first-order chi connectivity index (χ1) is 16.9. The average molecular weight is 481 g/mol. The fourth-order valence-corrected chi connectivity index (χ4v) is 4.33. The second kappa shape index (κ2) is 12.4. The molecule has 1 fully saturated rings. The lowest BCUT2D eigenvalue weighted by molar-refractivity contribution is -0.140. The van der Waals surface area contributed by atoms with Crippen LogP contribution < -0.4 is 9.47 Å². The number of aliphatic hydroxyl groups is 1. The molecule has 3 rings (SSSR count). The van der Waals surface area contributed by atoms with Gasteiger partial charge in [0.1, 0.15) is 17.3 Å². The van der Waals surface area contributed by atoms with E-state index in [9.17, 15) is 14.7 Å². The lowest BCUT2D eigenvalue weighted by Crippen LogP contribution is -2.33. The molecule has 0 bridgehead atoms. The van der Waals surface area contributed by atoms with Crippen LogP contribution >= 0.6 is 0 Å². The number of ether oxygens (including phenoxy) is 2. The number of benzene rings is 2. The fraction of sp³-hybridized carbons (Fsp3) is 0.429. The maximum Gasteiger partial charge on any atom is 0.295 e. The summed E-state index contributed by atoms with van der Waals surface area (Å²) in [4.78, 5) is 30.2. The molecule has 0 aliphatic carbocycles. The van der Waals surface area contributed by atoms with E-state index in [0.29, 0.717) is 24.5 Å². The van der Waals surface area contributed by atoms with E-state index in [1.165, 1.54) is 0 Å². The molecule has 1 atom stereocenters. The molecule has 0 aromatic heterocycles. The van der Waals surface area contributed by atoms with E-state index in [0.717, 1.165) is 43.8 Å². The molecule has 1 unspecified atom stereocenters. The lowest BCUT2D eigenvalue weighted by Gasteiger charge is -2.27. The van der Waals surface area contributed by atoms with E-state index < -0.39 is 17.7 Å². The Bertz CT molecular complexity index is 1030. The van der Waals surface area contributed by atoms with Gasteiger partial charge in [0.2, 0.25) is 0 Å². The fourth-order valence-electron chi connectivity index (χ4n) is 4.33. The second-order valence-corrected chi connectivity index (χ2v) is 8.52. The molecular formula is C28H36N2O5. The van der Waals surface area contributed by atoms with E-state index in [-0.39, 0.29) is 11.3 Å². The SMILES string of the molecule is CCCOc1ccc(C2/C(=C(\O)c3ccc(OC)cc3)C(=O)C(=O)N2CCCN(CC)CC)cc1. The molecule has 1 amide bonds. The standard InChI is InChI=1S/C28H36N2O5/c1-5-19-35-23-15-9-20(10-16-23)25-24(26(31)21-11-13-22(34-4)14-12-21)27(32)28(33)30(25)18-8-17-29(6-2)7-3/h9-16,25,31H,5-8,17-19H2,1-4H3/b26-24+. The number of hydrogen-bond acceptors (Lipinski definition) is 6. The molecule has 0 saturated carbocycles. The van der Waals surface area contributed by atoms with Crippen LogP contribution in [-0.4, -0.2) is 66.5 Å². The van der Waals surface area contributed by atoms with Gasteiger partial charge in [-0.15, -0.1) is 0 Å². The number of amides is 1. The first kappa shape index (κ1) is 26.3. The summed E-state index contributed by atoms with van der Waals surface area (Å²) in [5.74, 6) is -0.0798. The van der Waals surface area contributed by atoms with Gasteiger partial charge in [-0.05, 0) is 74.4 Å². The predicted molar refractivity (Wildman–Crippen MR) is 137 cm³/mol. The molecule has 1 aliphatic rings. The van der Waals surface area contributed by atoms with Crippen molar-refractivity contribution in [3.63, 3.8) is 0 Å². The minimum absolute atomic E-state index is 0.102. The van der Waals surface area contributed by atoms with E-state index in [1.54, 1.807) is 36.3 Å². The number of likely N-dealkylation sites (tertiary alicyclic amines) is 1. The highest BCUT2D eigenvalue weighted by molar-refractivity contribution is 6.46. The van der Waals surface area contributed by atoms with Crippen LogP contribution in [0.5, 0.6) is 11.5 Å². The molecule has 0 spiro atoms. The number of nitrogens with zero attached hydrogens (tertiary/aromatic N) is 2. The highest BCUT2D eigenvalue weighted by Gasteiger charge is 2.45. The minimum atomic E-state index is -0.672. The zero-order chi connectivity index (χ0) is 25.4. The molecule has 35 heavy (non-hydrogen) atoms. The minimum Gasteiger partial charge on any atom is -0.507 e. The summed E-state index contributed by atoms with van der Waals surface area (Å²) in [6.07, 6.45) is 1.63. The van der Waals surface area contributed by atoms with Crippen molar-refractivity contribution in [2.45, 2.75) is 39.7 Å². The molecule has 188 valence electrons. The number of methoxy groups -OCH3 is 1. The van der Waals surface area contributed by atoms with Gasteiger partial charge >= 0.3 is 0 Å². The molecule has 1 N–H and O–H groups in total. The second-order valence-electron chi connectivity index (χ2n) is 8.52. The van der Waals surface area contributed by atoms with Gasteiger partial charge in [-0.1, -0.05) is 32.9 Å². The van der Waals surface area contributed by atoms with Crippen LogP contribution in [-0.2, 0) is 9.59 Å². The van der Waals surface area contributed by atoms with Crippen molar-refractivity contribution in [1.82, 2.24) is 9.80 Å². The summed E-state index contributed by atoms with van der Waals surface area (Å²) in [6, 6.07) is 13.5. The van der Waals surface area contributed by atoms with Crippen molar-refractivity contribution in [3.05, 3.63) is 65.2 Å². The highest BCUT2D eigenvalue weighted by atomic mass is 16.5. The third kappa shape index (κ3) is 6.03. The lowest BCUT2D eigenvalue weighted by atomic mass is 9.95. The Hall–Kier alpha value is -3.32. The monoisotopic (exact) mass is 480 g/mol. The van der Waals surface area contributed by atoms with Gasteiger partial charge in [0.15, 0.2) is 0 Å². The van der Waals surface area contributed by atoms with E-state index in [2.05, 4.69) is 18.7 Å². The zero-order valence-electron chi connectivity index (χ0n) is 21.1. The Balaban J connectivity index is 1.99. The summed E-state index contributed by atoms with van der Waals surface area (Å²) >= 11 is 0. The van der Waals surface area contributed by atoms with Crippen molar-refractivity contribution in [2.24, 2.45) is 0 Å². The maximum absolute atomic E-state index is 13.2. The zero-order valence-corrected chi connectivity index (χ0v) is 21.1. The molecule has 0 radical (unpaired) electrons. The number of carbonyl (C=O) groups is 2. The summed E-state index contributed by atoms with van der Waals surface area (Å²) < 4.78 is 10.9. The summed E-state index contributed by atoms with van der Waals surface area (Å²) in [6.45, 7) is 9.95. The maximum atomic E-state index is 13.2. The number of rotatable bonds is 12. The summed E-state index contributed by atoms with van der Waals surface area (Å²) in [5.41, 5.74) is 1.32. The van der Waals surface area contributed by atoms with Crippen LogP contribution in [0.3, 0.4) is 0 Å². The van der Waals surface area contributed by atoms with E-state index >= 15 is 0 Å². The molecular weight excluding hydrogens is 444 g/mol. The van der Waals surface area contributed by atoms with Crippen LogP contribution in [0.1, 0.15) is 50.8 Å². The molecule has 1 aliphatic heterocycles. The Morgan fingerprint density at radius 2 is 1.60 bits per heavy atom. The number of carbonyl (C=O) groups excluding carboxylic acids is 2. The quantitative estimate of drug-likeness (QED) is 0.271. The number of aliphatic hydroxyl groups excluding tert-OH is 1. The van der Waals surface area contributed by atoms with Gasteiger partial charge in [0.25, 0.3) is 11.7 Å². The van der Waals surface area contributed by atoms with Gasteiger partial charge in [0, 0.05) is 12.1 Å². The number of Topliss-reactive ketones (excluding diaryl/α,β-unsaturated/α-hetero) is 1. The third-order valence-corrected chi connectivity index (χ3v) is 6.34. The average Bonchev–Trinajstić information content (AvgIpc) is 3.14. The van der Waals surface area contributed by atoms with Crippen molar-refractivity contribution >= 4 is 17.4 Å². The van der Waals surface area contributed by atoms with E-state index in [1.807, 2.05) is 31.2 Å². The normalized spacial score (nSPS) is 17.3.